The van der Waals surface area contributed by atoms with Crippen LogP contribution in [0.25, 0.3) is 10.8 Å². The average Bonchev–Trinajstić information content (AvgIpc) is 2.61. The van der Waals surface area contributed by atoms with Gasteiger partial charge in [-0.25, -0.2) is 4.98 Å². The third-order valence-corrected chi connectivity index (χ3v) is 5.16. The Morgan fingerprint density at radius 1 is 1.30 bits per heavy atom. The van der Waals surface area contributed by atoms with E-state index in [0.29, 0.717) is 5.92 Å². The highest BCUT2D eigenvalue weighted by Crippen LogP contribution is 2.34. The Balaban J connectivity index is 1.70. The molecule has 3 heterocycles. The maximum atomic E-state index is 12.2. The lowest BCUT2D eigenvalue weighted by molar-refractivity contribution is -0.129. The number of pyridine rings is 1. The van der Waals surface area contributed by atoms with Crippen molar-refractivity contribution in [2.75, 3.05) is 31.6 Å². The molecule has 2 atom stereocenters. The van der Waals surface area contributed by atoms with Crippen LogP contribution in [0.1, 0.15) is 12.8 Å². The average molecular weight is 311 g/mol. The minimum Gasteiger partial charge on any atom is -0.497 e. The molecular formula is C18H21N3O2. The minimum absolute atomic E-state index is 0.0835. The van der Waals surface area contributed by atoms with Gasteiger partial charge in [-0.1, -0.05) is 6.07 Å². The number of amides is 1. The van der Waals surface area contributed by atoms with Crippen molar-refractivity contribution in [2.45, 2.75) is 12.8 Å². The zero-order chi connectivity index (χ0) is 15.8. The van der Waals surface area contributed by atoms with E-state index >= 15 is 0 Å². The Morgan fingerprint density at radius 3 is 3.09 bits per heavy atom. The smallest absolute Gasteiger partial charge is 0.225 e. The van der Waals surface area contributed by atoms with Gasteiger partial charge in [-0.15, -0.1) is 0 Å². The summed E-state index contributed by atoms with van der Waals surface area (Å²) in [5.41, 5.74) is 0. The standard InChI is InChI=1S/C18H21N3O2/c1-23-14-3-2-12-4-7-19-17(15(12)10-14)21-9-6-13-5-8-20-18(22)16(13)11-21/h2-4,7,10,13,16H,5-6,8-9,11H2,1H3,(H,20,22)/t13-,16+/m0/s1. The molecule has 1 amide bonds. The van der Waals surface area contributed by atoms with Crippen LogP contribution in [0, 0.1) is 11.8 Å². The van der Waals surface area contributed by atoms with E-state index in [1.807, 2.05) is 24.4 Å². The van der Waals surface area contributed by atoms with Crippen molar-refractivity contribution in [1.29, 1.82) is 0 Å². The molecule has 120 valence electrons. The zero-order valence-corrected chi connectivity index (χ0v) is 13.3. The molecule has 4 rings (SSSR count). The number of hydrogen-bond donors (Lipinski definition) is 1. The number of rotatable bonds is 2. The number of nitrogens with zero attached hydrogens (tertiary/aromatic N) is 2. The van der Waals surface area contributed by atoms with Gasteiger partial charge in [0.1, 0.15) is 11.6 Å². The molecule has 2 saturated heterocycles. The van der Waals surface area contributed by atoms with Crippen LogP contribution in [0.3, 0.4) is 0 Å². The summed E-state index contributed by atoms with van der Waals surface area (Å²) in [4.78, 5) is 19.1. The number of carbonyl (C=O) groups is 1. The second-order valence-electron chi connectivity index (χ2n) is 6.40. The molecule has 0 radical (unpaired) electrons. The molecule has 1 N–H and O–H groups in total. The van der Waals surface area contributed by atoms with Crippen molar-refractivity contribution in [1.82, 2.24) is 10.3 Å². The number of carbonyl (C=O) groups excluding carboxylic acids is 1. The molecule has 1 aromatic heterocycles. The number of aromatic nitrogens is 1. The number of benzene rings is 1. The van der Waals surface area contributed by atoms with Crippen molar-refractivity contribution < 1.29 is 9.53 Å². The van der Waals surface area contributed by atoms with Gasteiger partial charge in [0.15, 0.2) is 0 Å². The number of piperidine rings is 2. The maximum absolute atomic E-state index is 12.2. The first kappa shape index (κ1) is 14.3. The Labute approximate surface area is 135 Å². The van der Waals surface area contributed by atoms with Crippen molar-refractivity contribution in [3.05, 3.63) is 30.5 Å². The molecule has 2 aliphatic rings. The summed E-state index contributed by atoms with van der Waals surface area (Å²) in [7, 11) is 1.68. The number of methoxy groups -OCH3 is 1. The normalized spacial score (nSPS) is 24.2. The summed E-state index contributed by atoms with van der Waals surface area (Å²) in [5.74, 6) is 2.59. The number of anilines is 1. The molecule has 2 fully saturated rings. The maximum Gasteiger partial charge on any atom is 0.225 e. The predicted octanol–water partition coefficient (Wildman–Crippen LogP) is 2.21. The summed E-state index contributed by atoms with van der Waals surface area (Å²) >= 11 is 0. The number of hydrogen-bond acceptors (Lipinski definition) is 4. The first-order valence-corrected chi connectivity index (χ1v) is 8.21. The quantitative estimate of drug-likeness (QED) is 0.924. The van der Waals surface area contributed by atoms with Gasteiger partial charge in [0.25, 0.3) is 0 Å². The highest BCUT2D eigenvalue weighted by atomic mass is 16.5. The Morgan fingerprint density at radius 2 is 2.22 bits per heavy atom. The minimum atomic E-state index is 0.0835. The Kier molecular flexibility index (Phi) is 3.56. The van der Waals surface area contributed by atoms with Crippen LogP contribution in [0.2, 0.25) is 0 Å². The fourth-order valence-electron chi connectivity index (χ4n) is 3.86. The topological polar surface area (TPSA) is 54.5 Å². The van der Waals surface area contributed by atoms with Crippen LogP contribution in [-0.4, -0.2) is 37.6 Å². The van der Waals surface area contributed by atoms with E-state index < -0.39 is 0 Å². The van der Waals surface area contributed by atoms with Gasteiger partial charge in [0.2, 0.25) is 5.91 Å². The first-order chi connectivity index (χ1) is 11.3. The molecule has 5 heteroatoms. The fourth-order valence-corrected chi connectivity index (χ4v) is 3.86. The summed E-state index contributed by atoms with van der Waals surface area (Å²) < 4.78 is 5.36. The molecule has 2 aliphatic heterocycles. The van der Waals surface area contributed by atoms with E-state index in [2.05, 4.69) is 21.3 Å². The van der Waals surface area contributed by atoms with Crippen molar-refractivity contribution >= 4 is 22.5 Å². The highest BCUT2D eigenvalue weighted by Gasteiger charge is 2.37. The zero-order valence-electron chi connectivity index (χ0n) is 13.3. The van der Waals surface area contributed by atoms with Gasteiger partial charge in [-0.05, 0) is 42.3 Å². The third-order valence-electron chi connectivity index (χ3n) is 5.16. The molecule has 23 heavy (non-hydrogen) atoms. The summed E-state index contributed by atoms with van der Waals surface area (Å²) in [5, 5.41) is 5.23. The molecule has 2 aromatic rings. The number of nitrogens with one attached hydrogen (secondary N) is 1. The van der Waals surface area contributed by atoms with Crippen LogP contribution >= 0.6 is 0 Å². The molecule has 5 nitrogen and oxygen atoms in total. The molecule has 1 aromatic carbocycles. The first-order valence-electron chi connectivity index (χ1n) is 8.21. The Bertz CT molecular complexity index is 746. The number of fused-ring (bicyclic) bond motifs is 2. The summed E-state index contributed by atoms with van der Waals surface area (Å²) in [6.45, 7) is 2.53. The third kappa shape index (κ3) is 2.50. The molecular weight excluding hydrogens is 290 g/mol. The summed E-state index contributed by atoms with van der Waals surface area (Å²) in [6, 6.07) is 8.06. The highest BCUT2D eigenvalue weighted by molar-refractivity contribution is 5.93. The lowest BCUT2D eigenvalue weighted by atomic mass is 9.80. The molecule has 0 saturated carbocycles. The van der Waals surface area contributed by atoms with Gasteiger partial charge in [0.05, 0.1) is 13.0 Å². The van der Waals surface area contributed by atoms with E-state index in [4.69, 9.17) is 4.74 Å². The fraction of sp³-hybridized carbons (Fsp3) is 0.444. The van der Waals surface area contributed by atoms with E-state index in [0.717, 1.165) is 54.8 Å². The SMILES string of the molecule is COc1ccc2ccnc(N3CC[C@@H]4CCNC(=O)[C@@H]4C3)c2c1. The van der Waals surface area contributed by atoms with Crippen molar-refractivity contribution in [3.63, 3.8) is 0 Å². The van der Waals surface area contributed by atoms with E-state index in [9.17, 15) is 4.79 Å². The van der Waals surface area contributed by atoms with Gasteiger partial charge < -0.3 is 15.0 Å². The van der Waals surface area contributed by atoms with Crippen molar-refractivity contribution in [3.8, 4) is 5.75 Å². The van der Waals surface area contributed by atoms with Crippen LogP contribution in [0.5, 0.6) is 5.75 Å². The van der Waals surface area contributed by atoms with Crippen LogP contribution in [-0.2, 0) is 4.79 Å². The van der Waals surface area contributed by atoms with Gasteiger partial charge in [-0.2, -0.15) is 0 Å². The van der Waals surface area contributed by atoms with E-state index in [1.165, 1.54) is 0 Å². The number of ether oxygens (including phenoxy) is 1. The van der Waals surface area contributed by atoms with Gasteiger partial charge >= 0.3 is 0 Å². The van der Waals surface area contributed by atoms with Crippen LogP contribution in [0.15, 0.2) is 30.5 Å². The van der Waals surface area contributed by atoms with Crippen LogP contribution < -0.4 is 15.0 Å². The molecule has 0 spiro atoms. The molecule has 0 unspecified atom stereocenters. The predicted molar refractivity (Wildman–Crippen MR) is 89.7 cm³/mol. The van der Waals surface area contributed by atoms with E-state index in [-0.39, 0.29) is 11.8 Å². The lowest BCUT2D eigenvalue weighted by Crippen LogP contribution is -2.52. The van der Waals surface area contributed by atoms with Gasteiger partial charge in [-0.3, -0.25) is 4.79 Å². The largest absolute Gasteiger partial charge is 0.497 e. The van der Waals surface area contributed by atoms with Crippen LogP contribution in [0.4, 0.5) is 5.82 Å². The lowest BCUT2D eigenvalue weighted by Gasteiger charge is -2.41. The molecule has 0 aliphatic carbocycles. The molecule has 0 bridgehead atoms. The second-order valence-corrected chi connectivity index (χ2v) is 6.40. The second kappa shape index (κ2) is 5.72. The van der Waals surface area contributed by atoms with E-state index in [1.54, 1.807) is 7.11 Å². The van der Waals surface area contributed by atoms with Crippen molar-refractivity contribution in [2.24, 2.45) is 11.8 Å². The Hall–Kier alpha value is -2.30. The van der Waals surface area contributed by atoms with Gasteiger partial charge in [0, 0.05) is 31.2 Å². The monoisotopic (exact) mass is 311 g/mol. The summed E-state index contributed by atoms with van der Waals surface area (Å²) in [6.07, 6.45) is 4.00.